The standard InChI is InChI=1S/C33H42O5/c1-5-7-8-13-26-14-16-27(17-15-26)30-22-28-18-19-29(23-31(28)38-33(30)35)36-20-9-11-24(3)25(4)12-10-21-37-32(34)6-2/h6,14-19,22-25H,2,5,7-13,20-21H2,1,3-4H3. The molecule has 0 aliphatic carbocycles. The first-order valence-electron chi connectivity index (χ1n) is 14.0. The fourth-order valence-electron chi connectivity index (χ4n) is 4.61. The molecule has 0 aliphatic heterocycles. The Morgan fingerprint density at radius 2 is 1.66 bits per heavy atom. The van der Waals surface area contributed by atoms with E-state index in [-0.39, 0.29) is 11.6 Å². The first kappa shape index (κ1) is 29.2. The maximum atomic E-state index is 12.7. The van der Waals surface area contributed by atoms with E-state index in [0.29, 0.717) is 41.9 Å². The summed E-state index contributed by atoms with van der Waals surface area (Å²) in [5.41, 5.74) is 2.95. The number of rotatable bonds is 16. The minimum absolute atomic E-state index is 0.338. The van der Waals surface area contributed by atoms with Gasteiger partial charge < -0.3 is 13.9 Å². The molecule has 5 nitrogen and oxygen atoms in total. The average molecular weight is 519 g/mol. The van der Waals surface area contributed by atoms with Crippen molar-refractivity contribution in [3.05, 3.63) is 77.2 Å². The molecule has 0 spiro atoms. The lowest BCUT2D eigenvalue weighted by Gasteiger charge is -2.19. The molecular formula is C33H42O5. The van der Waals surface area contributed by atoms with Crippen LogP contribution in [0.5, 0.6) is 5.75 Å². The first-order valence-corrected chi connectivity index (χ1v) is 14.0. The maximum absolute atomic E-state index is 12.7. The van der Waals surface area contributed by atoms with Crippen molar-refractivity contribution in [2.75, 3.05) is 13.2 Å². The number of carbonyl (C=O) groups excluding carboxylic acids is 1. The van der Waals surface area contributed by atoms with Gasteiger partial charge in [-0.25, -0.2) is 9.59 Å². The zero-order valence-corrected chi connectivity index (χ0v) is 23.2. The van der Waals surface area contributed by atoms with Gasteiger partial charge in [-0.05, 0) is 79.7 Å². The van der Waals surface area contributed by atoms with Crippen molar-refractivity contribution in [3.63, 3.8) is 0 Å². The number of aryl methyl sites for hydroxylation is 1. The van der Waals surface area contributed by atoms with Gasteiger partial charge in [-0.15, -0.1) is 0 Å². The van der Waals surface area contributed by atoms with Crippen LogP contribution in [0.25, 0.3) is 22.1 Å². The van der Waals surface area contributed by atoms with E-state index in [1.165, 1.54) is 30.9 Å². The minimum atomic E-state index is -0.362. The summed E-state index contributed by atoms with van der Waals surface area (Å²) >= 11 is 0. The van der Waals surface area contributed by atoms with Crippen molar-refractivity contribution in [1.29, 1.82) is 0 Å². The Labute approximate surface area is 226 Å². The summed E-state index contributed by atoms with van der Waals surface area (Å²) in [6.07, 6.45) is 9.75. The molecule has 0 aliphatic rings. The Bertz CT molecular complexity index is 1220. The molecule has 0 radical (unpaired) electrons. The Balaban J connectivity index is 1.49. The summed E-state index contributed by atoms with van der Waals surface area (Å²) in [5.74, 6) is 1.43. The molecule has 0 bridgehead atoms. The number of unbranched alkanes of at least 4 members (excludes halogenated alkanes) is 2. The van der Waals surface area contributed by atoms with E-state index in [2.05, 4.69) is 39.5 Å². The first-order chi connectivity index (χ1) is 18.4. The van der Waals surface area contributed by atoms with Gasteiger partial charge in [0.1, 0.15) is 11.3 Å². The molecule has 5 heteroatoms. The van der Waals surface area contributed by atoms with Gasteiger partial charge in [0.05, 0.1) is 18.8 Å². The third-order valence-electron chi connectivity index (χ3n) is 7.30. The van der Waals surface area contributed by atoms with Crippen molar-refractivity contribution in [2.45, 2.75) is 72.1 Å². The summed E-state index contributed by atoms with van der Waals surface area (Å²) in [6.45, 7) is 11.1. The number of fused-ring (bicyclic) bond motifs is 1. The van der Waals surface area contributed by atoms with E-state index in [0.717, 1.165) is 43.1 Å². The number of benzene rings is 2. The third kappa shape index (κ3) is 8.90. The largest absolute Gasteiger partial charge is 0.493 e. The highest BCUT2D eigenvalue weighted by molar-refractivity contribution is 5.83. The van der Waals surface area contributed by atoms with E-state index in [1.807, 2.05) is 30.3 Å². The second kappa shape index (κ2) is 15.2. The lowest BCUT2D eigenvalue weighted by atomic mass is 9.88. The van der Waals surface area contributed by atoms with Crippen LogP contribution in [0.4, 0.5) is 0 Å². The van der Waals surface area contributed by atoms with Crippen molar-refractivity contribution in [3.8, 4) is 16.9 Å². The van der Waals surface area contributed by atoms with Crippen LogP contribution >= 0.6 is 0 Å². The van der Waals surface area contributed by atoms with Crippen LogP contribution in [0.3, 0.4) is 0 Å². The van der Waals surface area contributed by atoms with Crippen molar-refractivity contribution in [1.82, 2.24) is 0 Å². The Hall–Kier alpha value is -3.34. The number of hydrogen-bond acceptors (Lipinski definition) is 5. The SMILES string of the molecule is C=CC(=O)OCCCC(C)C(C)CCCOc1ccc2cc(-c3ccc(CCCCC)cc3)c(=O)oc2c1. The molecule has 0 fully saturated rings. The van der Waals surface area contributed by atoms with Crippen LogP contribution in [0, 0.1) is 11.8 Å². The quantitative estimate of drug-likeness (QED) is 0.0829. The molecule has 0 saturated carbocycles. The van der Waals surface area contributed by atoms with E-state index >= 15 is 0 Å². The number of hydrogen-bond donors (Lipinski definition) is 0. The fraction of sp³-hybridized carbons (Fsp3) is 0.455. The minimum Gasteiger partial charge on any atom is -0.493 e. The average Bonchev–Trinajstić information content (AvgIpc) is 2.93. The zero-order chi connectivity index (χ0) is 27.3. The lowest BCUT2D eigenvalue weighted by Crippen LogP contribution is -2.11. The van der Waals surface area contributed by atoms with Gasteiger partial charge in [0.15, 0.2) is 0 Å². The third-order valence-corrected chi connectivity index (χ3v) is 7.30. The molecular weight excluding hydrogens is 476 g/mol. The molecule has 204 valence electrons. The van der Waals surface area contributed by atoms with Gasteiger partial charge in [-0.3, -0.25) is 0 Å². The molecule has 1 heterocycles. The summed E-state index contributed by atoms with van der Waals surface area (Å²) in [4.78, 5) is 23.9. The summed E-state index contributed by atoms with van der Waals surface area (Å²) in [6, 6.07) is 15.8. The van der Waals surface area contributed by atoms with Gasteiger partial charge in [-0.2, -0.15) is 0 Å². The molecule has 2 aromatic carbocycles. The molecule has 38 heavy (non-hydrogen) atoms. The van der Waals surface area contributed by atoms with Gasteiger partial charge in [0.2, 0.25) is 0 Å². The number of esters is 1. The molecule has 3 aromatic rings. The van der Waals surface area contributed by atoms with Crippen LogP contribution in [0.2, 0.25) is 0 Å². The van der Waals surface area contributed by atoms with Gasteiger partial charge >= 0.3 is 11.6 Å². The number of carbonyl (C=O) groups is 1. The van der Waals surface area contributed by atoms with E-state index < -0.39 is 0 Å². The zero-order valence-electron chi connectivity index (χ0n) is 23.2. The topological polar surface area (TPSA) is 65.7 Å². The smallest absolute Gasteiger partial charge is 0.344 e. The molecule has 0 N–H and O–H groups in total. The Kier molecular flexibility index (Phi) is 11.7. The summed E-state index contributed by atoms with van der Waals surface area (Å²) in [5, 5.41) is 0.875. The summed E-state index contributed by atoms with van der Waals surface area (Å²) < 4.78 is 16.7. The molecule has 0 saturated heterocycles. The molecule has 0 amide bonds. The van der Waals surface area contributed by atoms with Crippen molar-refractivity contribution >= 4 is 16.9 Å². The molecule has 2 atom stereocenters. The second-order valence-electron chi connectivity index (χ2n) is 10.3. The van der Waals surface area contributed by atoms with Crippen LogP contribution in [0.15, 0.2) is 70.4 Å². The van der Waals surface area contributed by atoms with E-state index in [1.54, 1.807) is 6.07 Å². The van der Waals surface area contributed by atoms with Gasteiger partial charge in [-0.1, -0.05) is 64.5 Å². The molecule has 2 unspecified atom stereocenters. The highest BCUT2D eigenvalue weighted by Gasteiger charge is 2.13. The highest BCUT2D eigenvalue weighted by atomic mass is 16.5. The molecule has 3 rings (SSSR count). The predicted octanol–water partition coefficient (Wildman–Crippen LogP) is 8.13. The highest BCUT2D eigenvalue weighted by Crippen LogP contribution is 2.26. The predicted molar refractivity (Wildman–Crippen MR) is 155 cm³/mol. The van der Waals surface area contributed by atoms with Crippen LogP contribution in [0.1, 0.15) is 71.3 Å². The Morgan fingerprint density at radius 3 is 2.34 bits per heavy atom. The van der Waals surface area contributed by atoms with Crippen molar-refractivity contribution < 1.29 is 18.7 Å². The van der Waals surface area contributed by atoms with Crippen LogP contribution in [-0.4, -0.2) is 19.2 Å². The Morgan fingerprint density at radius 1 is 0.947 bits per heavy atom. The van der Waals surface area contributed by atoms with E-state index in [9.17, 15) is 9.59 Å². The lowest BCUT2D eigenvalue weighted by molar-refractivity contribution is -0.137. The van der Waals surface area contributed by atoms with E-state index in [4.69, 9.17) is 13.9 Å². The monoisotopic (exact) mass is 518 g/mol. The summed E-state index contributed by atoms with van der Waals surface area (Å²) in [7, 11) is 0. The van der Waals surface area contributed by atoms with Gasteiger partial charge in [0, 0.05) is 17.5 Å². The second-order valence-corrected chi connectivity index (χ2v) is 10.3. The van der Waals surface area contributed by atoms with Crippen LogP contribution in [-0.2, 0) is 16.0 Å². The fourth-order valence-corrected chi connectivity index (χ4v) is 4.61. The van der Waals surface area contributed by atoms with Gasteiger partial charge in [0.25, 0.3) is 0 Å². The number of ether oxygens (including phenoxy) is 2. The van der Waals surface area contributed by atoms with Crippen LogP contribution < -0.4 is 10.4 Å². The maximum Gasteiger partial charge on any atom is 0.344 e. The molecule has 1 aromatic heterocycles. The van der Waals surface area contributed by atoms with Crippen molar-refractivity contribution in [2.24, 2.45) is 11.8 Å². The normalized spacial score (nSPS) is 12.7.